The molecule has 0 spiro atoms. The van der Waals surface area contributed by atoms with Crippen molar-refractivity contribution in [3.05, 3.63) is 53.0 Å². The lowest BCUT2D eigenvalue weighted by Gasteiger charge is -2.02. The van der Waals surface area contributed by atoms with Crippen LogP contribution < -0.4 is 0 Å². The van der Waals surface area contributed by atoms with Gasteiger partial charge in [-0.2, -0.15) is 11.3 Å². The smallest absolute Gasteiger partial charge is 0.138 e. The van der Waals surface area contributed by atoms with E-state index in [1.165, 1.54) is 16.7 Å². The third kappa shape index (κ3) is 2.24. The first-order valence-electron chi connectivity index (χ1n) is 5.24. The fourth-order valence-corrected chi connectivity index (χ4v) is 2.34. The summed E-state index contributed by atoms with van der Waals surface area (Å²) >= 11 is 1.71. The zero-order chi connectivity index (χ0) is 11.5. The van der Waals surface area contributed by atoms with Gasteiger partial charge in [-0.1, -0.05) is 24.3 Å². The van der Waals surface area contributed by atoms with Crippen LogP contribution in [-0.2, 0) is 6.54 Å². The minimum absolute atomic E-state index is 0.705. The van der Waals surface area contributed by atoms with E-state index in [0.717, 1.165) is 0 Å². The molecule has 3 aromatic rings. The lowest BCUT2D eigenvalue weighted by Crippen LogP contribution is -2.00. The van der Waals surface area contributed by atoms with Crippen LogP contribution in [0.4, 0.5) is 0 Å². The first kappa shape index (κ1) is 10.2. The molecule has 0 radical (unpaired) electrons. The van der Waals surface area contributed by atoms with Gasteiger partial charge in [0.15, 0.2) is 0 Å². The monoisotopic (exact) mass is 242 g/mol. The summed E-state index contributed by atoms with van der Waals surface area (Å²) in [6, 6.07) is 10.6. The van der Waals surface area contributed by atoms with Crippen LogP contribution in [0.5, 0.6) is 0 Å². The van der Waals surface area contributed by atoms with E-state index in [0.29, 0.717) is 6.54 Å². The predicted octanol–water partition coefficient (Wildman–Crippen LogP) is 2.45. The zero-order valence-electron chi connectivity index (χ0n) is 9.02. The minimum atomic E-state index is 0.705. The lowest BCUT2D eigenvalue weighted by atomic mass is 10.1. The van der Waals surface area contributed by atoms with Crippen molar-refractivity contribution in [2.45, 2.75) is 6.54 Å². The molecule has 84 valence electrons. The van der Waals surface area contributed by atoms with Gasteiger partial charge < -0.3 is 0 Å². The number of thiophene rings is 1. The fraction of sp³-hybridized carbons (Fsp3) is 0.0833. The van der Waals surface area contributed by atoms with Crippen molar-refractivity contribution in [3.8, 4) is 11.1 Å². The second-order valence-electron chi connectivity index (χ2n) is 3.72. The standard InChI is InChI=1S/C12H10N4S/c1-3-11(12-5-6-17-8-12)4-2-10(1)7-16-9-13-14-15-16/h1-6,8-9H,7H2. The largest absolute Gasteiger partial charge is 0.228 e. The Morgan fingerprint density at radius 2 is 1.94 bits per heavy atom. The first-order chi connectivity index (χ1) is 8.42. The highest BCUT2D eigenvalue weighted by Gasteiger charge is 1.99. The molecule has 3 rings (SSSR count). The SMILES string of the molecule is c1cc(-c2ccc(Cn3cnnn3)cc2)cs1. The molecule has 0 saturated carbocycles. The van der Waals surface area contributed by atoms with E-state index in [4.69, 9.17) is 0 Å². The van der Waals surface area contributed by atoms with Gasteiger partial charge >= 0.3 is 0 Å². The molecule has 17 heavy (non-hydrogen) atoms. The summed E-state index contributed by atoms with van der Waals surface area (Å²) in [4.78, 5) is 0. The molecule has 4 nitrogen and oxygen atoms in total. The van der Waals surface area contributed by atoms with Gasteiger partial charge in [0, 0.05) is 0 Å². The van der Waals surface area contributed by atoms with Gasteiger partial charge in [-0.25, -0.2) is 4.68 Å². The maximum absolute atomic E-state index is 3.84. The van der Waals surface area contributed by atoms with E-state index in [2.05, 4.69) is 56.6 Å². The van der Waals surface area contributed by atoms with Gasteiger partial charge in [0.25, 0.3) is 0 Å². The van der Waals surface area contributed by atoms with Crippen molar-refractivity contribution < 1.29 is 0 Å². The van der Waals surface area contributed by atoms with Gasteiger partial charge in [-0.05, 0) is 43.9 Å². The van der Waals surface area contributed by atoms with Crippen LogP contribution in [0, 0.1) is 0 Å². The Morgan fingerprint density at radius 1 is 1.06 bits per heavy atom. The molecule has 1 aromatic carbocycles. The van der Waals surface area contributed by atoms with Crippen molar-refractivity contribution in [1.82, 2.24) is 20.2 Å². The first-order valence-corrected chi connectivity index (χ1v) is 6.18. The molecule has 0 saturated heterocycles. The third-order valence-electron chi connectivity index (χ3n) is 2.54. The van der Waals surface area contributed by atoms with Crippen LogP contribution in [0.3, 0.4) is 0 Å². The number of nitrogens with zero attached hydrogens (tertiary/aromatic N) is 4. The van der Waals surface area contributed by atoms with Crippen molar-refractivity contribution in [3.63, 3.8) is 0 Å². The number of rotatable bonds is 3. The molecule has 5 heteroatoms. The van der Waals surface area contributed by atoms with Gasteiger partial charge in [-0.15, -0.1) is 5.10 Å². The minimum Gasteiger partial charge on any atom is -0.228 e. The fourth-order valence-electron chi connectivity index (χ4n) is 1.67. The molecule has 0 N–H and O–H groups in total. The number of hydrogen-bond acceptors (Lipinski definition) is 4. The predicted molar refractivity (Wildman–Crippen MR) is 66.7 cm³/mol. The van der Waals surface area contributed by atoms with Crippen LogP contribution in [0.1, 0.15) is 5.56 Å². The van der Waals surface area contributed by atoms with E-state index in [1.54, 1.807) is 22.3 Å². The molecular weight excluding hydrogens is 232 g/mol. The average Bonchev–Trinajstić information content (AvgIpc) is 3.01. The van der Waals surface area contributed by atoms with Crippen LogP contribution in [-0.4, -0.2) is 20.2 Å². The van der Waals surface area contributed by atoms with Crippen LogP contribution in [0.15, 0.2) is 47.4 Å². The Morgan fingerprint density at radius 3 is 2.59 bits per heavy atom. The highest BCUT2D eigenvalue weighted by molar-refractivity contribution is 7.08. The Kier molecular flexibility index (Phi) is 2.67. The highest BCUT2D eigenvalue weighted by Crippen LogP contribution is 2.22. The zero-order valence-corrected chi connectivity index (χ0v) is 9.84. The van der Waals surface area contributed by atoms with Crippen molar-refractivity contribution in [2.24, 2.45) is 0 Å². The van der Waals surface area contributed by atoms with Crippen LogP contribution >= 0.6 is 11.3 Å². The number of tetrazole rings is 1. The van der Waals surface area contributed by atoms with Crippen molar-refractivity contribution in [2.75, 3.05) is 0 Å². The van der Waals surface area contributed by atoms with E-state index >= 15 is 0 Å². The van der Waals surface area contributed by atoms with Gasteiger partial charge in [0.05, 0.1) is 6.54 Å². The molecule has 0 unspecified atom stereocenters. The Labute approximate surface area is 103 Å². The molecule has 0 aliphatic heterocycles. The molecule has 0 aliphatic rings. The molecule has 0 aliphatic carbocycles. The van der Waals surface area contributed by atoms with E-state index in [9.17, 15) is 0 Å². The molecule has 0 fully saturated rings. The maximum atomic E-state index is 3.84. The molecule has 0 amide bonds. The van der Waals surface area contributed by atoms with Crippen LogP contribution in [0.25, 0.3) is 11.1 Å². The number of benzene rings is 1. The quantitative estimate of drug-likeness (QED) is 0.708. The second kappa shape index (κ2) is 4.47. The maximum Gasteiger partial charge on any atom is 0.138 e. The highest BCUT2D eigenvalue weighted by atomic mass is 32.1. The summed E-state index contributed by atoms with van der Waals surface area (Å²) < 4.78 is 1.71. The lowest BCUT2D eigenvalue weighted by molar-refractivity contribution is 0.648. The summed E-state index contributed by atoms with van der Waals surface area (Å²) in [7, 11) is 0. The van der Waals surface area contributed by atoms with E-state index in [-0.39, 0.29) is 0 Å². The Bertz CT molecular complexity index is 570. The summed E-state index contributed by atoms with van der Waals surface area (Å²) in [5.41, 5.74) is 3.70. The topological polar surface area (TPSA) is 43.6 Å². The van der Waals surface area contributed by atoms with E-state index in [1.807, 2.05) is 0 Å². The van der Waals surface area contributed by atoms with Crippen molar-refractivity contribution >= 4 is 11.3 Å². The average molecular weight is 242 g/mol. The van der Waals surface area contributed by atoms with E-state index < -0.39 is 0 Å². The van der Waals surface area contributed by atoms with Crippen molar-refractivity contribution in [1.29, 1.82) is 0 Å². The Balaban J connectivity index is 1.81. The molecular formula is C12H10N4S. The summed E-state index contributed by atoms with van der Waals surface area (Å²) in [5, 5.41) is 15.3. The molecule has 2 heterocycles. The summed E-state index contributed by atoms with van der Waals surface area (Å²) in [5.74, 6) is 0. The molecule has 2 aromatic heterocycles. The van der Waals surface area contributed by atoms with Gasteiger partial charge in [-0.3, -0.25) is 0 Å². The second-order valence-corrected chi connectivity index (χ2v) is 4.50. The summed E-state index contributed by atoms with van der Waals surface area (Å²) in [6.45, 7) is 0.705. The van der Waals surface area contributed by atoms with Crippen LogP contribution in [0.2, 0.25) is 0 Å². The summed E-state index contributed by atoms with van der Waals surface area (Å²) in [6.07, 6.45) is 1.62. The molecule has 0 atom stereocenters. The third-order valence-corrected chi connectivity index (χ3v) is 3.23. The van der Waals surface area contributed by atoms with Gasteiger partial charge in [0.2, 0.25) is 0 Å². The normalized spacial score (nSPS) is 10.6. The molecule has 0 bridgehead atoms. The number of aromatic nitrogens is 4. The Hall–Kier alpha value is -2.01. The van der Waals surface area contributed by atoms with Gasteiger partial charge in [0.1, 0.15) is 6.33 Å². The number of hydrogen-bond donors (Lipinski definition) is 0.